The van der Waals surface area contributed by atoms with E-state index >= 15 is 0 Å². The lowest BCUT2D eigenvalue weighted by atomic mass is 10.0. The van der Waals surface area contributed by atoms with Crippen LogP contribution in [0.5, 0.6) is 5.75 Å². The van der Waals surface area contributed by atoms with Crippen molar-refractivity contribution in [3.8, 4) is 5.75 Å². The van der Waals surface area contributed by atoms with Crippen molar-refractivity contribution in [3.63, 3.8) is 0 Å². The van der Waals surface area contributed by atoms with E-state index in [1.54, 1.807) is 0 Å². The molecular formula is C17H27N3O2. The number of hydrogen-bond donors (Lipinski definition) is 2. The lowest BCUT2D eigenvalue weighted by molar-refractivity contribution is -0.119. The van der Waals surface area contributed by atoms with Gasteiger partial charge in [0.2, 0.25) is 5.91 Å². The molecule has 2 rings (SSSR count). The van der Waals surface area contributed by atoms with E-state index in [0.717, 1.165) is 37.4 Å². The molecule has 0 spiro atoms. The molecule has 1 aliphatic rings. The summed E-state index contributed by atoms with van der Waals surface area (Å²) in [4.78, 5) is 13.4. The summed E-state index contributed by atoms with van der Waals surface area (Å²) in [5.74, 6) is 0.685. The number of benzene rings is 1. The monoisotopic (exact) mass is 305 g/mol. The third-order valence-corrected chi connectivity index (χ3v) is 4.19. The summed E-state index contributed by atoms with van der Waals surface area (Å²) in [6.45, 7) is 6.76. The average Bonchev–Trinajstić information content (AvgIpc) is 2.49. The van der Waals surface area contributed by atoms with Crippen LogP contribution in [0.15, 0.2) is 24.3 Å². The third kappa shape index (κ3) is 4.91. The van der Waals surface area contributed by atoms with Gasteiger partial charge in [-0.15, -0.1) is 0 Å². The number of carbonyl (C=O) groups is 1. The average molecular weight is 305 g/mol. The predicted octanol–water partition coefficient (Wildman–Crippen LogP) is 2.23. The van der Waals surface area contributed by atoms with Gasteiger partial charge in [-0.1, -0.05) is 0 Å². The van der Waals surface area contributed by atoms with E-state index in [1.165, 1.54) is 0 Å². The molecule has 0 unspecified atom stereocenters. The summed E-state index contributed by atoms with van der Waals surface area (Å²) >= 11 is 0. The van der Waals surface area contributed by atoms with Crippen LogP contribution in [0.1, 0.15) is 33.1 Å². The first-order valence-electron chi connectivity index (χ1n) is 8.10. The number of nitrogens with zero attached hydrogens (tertiary/aromatic N) is 1. The number of ether oxygens (including phenoxy) is 1. The van der Waals surface area contributed by atoms with Crippen molar-refractivity contribution in [2.45, 2.75) is 45.2 Å². The number of anilines is 1. The molecule has 1 fully saturated rings. The molecule has 0 radical (unpaired) electrons. The fourth-order valence-electron chi connectivity index (χ4n) is 2.95. The summed E-state index contributed by atoms with van der Waals surface area (Å²) < 4.78 is 5.45. The maximum atomic E-state index is 11.0. The molecule has 1 aliphatic heterocycles. The van der Waals surface area contributed by atoms with Gasteiger partial charge < -0.3 is 15.8 Å². The van der Waals surface area contributed by atoms with Crippen molar-refractivity contribution in [2.75, 3.05) is 25.0 Å². The van der Waals surface area contributed by atoms with Crippen LogP contribution in [0.2, 0.25) is 0 Å². The first-order valence-corrected chi connectivity index (χ1v) is 8.10. The van der Waals surface area contributed by atoms with Crippen LogP contribution in [0.3, 0.4) is 0 Å². The second-order valence-corrected chi connectivity index (χ2v) is 5.93. The Labute approximate surface area is 132 Å². The Balaban J connectivity index is 1.78. The number of carbonyl (C=O) groups excluding carboxylic acids is 1. The first-order chi connectivity index (χ1) is 10.6. The molecule has 1 atom stereocenters. The Kier molecular flexibility index (Phi) is 6.07. The highest BCUT2D eigenvalue weighted by atomic mass is 16.5. The Morgan fingerprint density at radius 3 is 2.55 bits per heavy atom. The van der Waals surface area contributed by atoms with E-state index in [9.17, 15) is 4.79 Å². The first kappa shape index (κ1) is 16.6. The van der Waals surface area contributed by atoms with Gasteiger partial charge in [0.25, 0.3) is 0 Å². The van der Waals surface area contributed by atoms with Crippen LogP contribution >= 0.6 is 0 Å². The Morgan fingerprint density at radius 1 is 1.36 bits per heavy atom. The zero-order chi connectivity index (χ0) is 15.9. The summed E-state index contributed by atoms with van der Waals surface area (Å²) in [7, 11) is 0. The smallest absolute Gasteiger partial charge is 0.218 e. The molecule has 0 aliphatic carbocycles. The summed E-state index contributed by atoms with van der Waals surface area (Å²) in [5.41, 5.74) is 6.41. The highest BCUT2D eigenvalue weighted by molar-refractivity contribution is 5.74. The normalized spacial score (nSPS) is 17.9. The maximum absolute atomic E-state index is 11.0. The van der Waals surface area contributed by atoms with Crippen molar-refractivity contribution in [2.24, 2.45) is 5.73 Å². The molecule has 122 valence electrons. The lowest BCUT2D eigenvalue weighted by Gasteiger charge is -2.36. The van der Waals surface area contributed by atoms with Gasteiger partial charge in [0.1, 0.15) is 5.75 Å². The van der Waals surface area contributed by atoms with E-state index in [0.29, 0.717) is 19.1 Å². The molecule has 5 heteroatoms. The number of rotatable bonds is 7. The van der Waals surface area contributed by atoms with Gasteiger partial charge in [-0.3, -0.25) is 9.69 Å². The van der Waals surface area contributed by atoms with Gasteiger partial charge in [0.05, 0.1) is 6.61 Å². The molecule has 1 aromatic rings. The SMILES string of the molecule is CCOc1ccc(NC2CCN([C@H](C)CC(N)=O)CC2)cc1. The van der Waals surface area contributed by atoms with E-state index in [1.807, 2.05) is 19.1 Å². The Hall–Kier alpha value is -1.75. The highest BCUT2D eigenvalue weighted by Gasteiger charge is 2.23. The summed E-state index contributed by atoms with van der Waals surface area (Å²) in [6, 6.07) is 8.84. The van der Waals surface area contributed by atoms with E-state index in [2.05, 4.69) is 29.3 Å². The summed E-state index contributed by atoms with van der Waals surface area (Å²) in [6.07, 6.45) is 2.60. The minimum atomic E-state index is -0.220. The standard InChI is InChI=1S/C17H27N3O2/c1-3-22-16-6-4-14(5-7-16)19-15-8-10-20(11-9-15)13(2)12-17(18)21/h4-7,13,15,19H,3,8-12H2,1-2H3,(H2,18,21)/t13-/m1/s1. The number of amides is 1. The van der Waals surface area contributed by atoms with Crippen LogP contribution in [0.25, 0.3) is 0 Å². The largest absolute Gasteiger partial charge is 0.494 e. The second-order valence-electron chi connectivity index (χ2n) is 5.93. The zero-order valence-corrected chi connectivity index (χ0v) is 13.5. The zero-order valence-electron chi connectivity index (χ0n) is 13.5. The number of hydrogen-bond acceptors (Lipinski definition) is 4. The van der Waals surface area contributed by atoms with Gasteiger partial charge in [-0.05, 0) is 51.0 Å². The second kappa shape index (κ2) is 8.03. The van der Waals surface area contributed by atoms with Crippen molar-refractivity contribution < 1.29 is 9.53 Å². The number of nitrogens with one attached hydrogen (secondary N) is 1. The van der Waals surface area contributed by atoms with Crippen LogP contribution in [-0.2, 0) is 4.79 Å². The van der Waals surface area contributed by atoms with Gasteiger partial charge >= 0.3 is 0 Å². The van der Waals surface area contributed by atoms with Gasteiger partial charge in [-0.2, -0.15) is 0 Å². The molecule has 0 aromatic heterocycles. The number of nitrogens with two attached hydrogens (primary N) is 1. The van der Waals surface area contributed by atoms with Crippen LogP contribution in [-0.4, -0.2) is 42.6 Å². The molecule has 1 amide bonds. The van der Waals surface area contributed by atoms with Crippen LogP contribution in [0.4, 0.5) is 5.69 Å². The fraction of sp³-hybridized carbons (Fsp3) is 0.588. The topological polar surface area (TPSA) is 67.6 Å². The molecule has 1 heterocycles. The van der Waals surface area contributed by atoms with Crippen molar-refractivity contribution >= 4 is 11.6 Å². The van der Waals surface area contributed by atoms with Crippen LogP contribution in [0, 0.1) is 0 Å². The molecule has 3 N–H and O–H groups in total. The molecule has 1 aromatic carbocycles. The molecule has 5 nitrogen and oxygen atoms in total. The Morgan fingerprint density at radius 2 is 2.00 bits per heavy atom. The lowest BCUT2D eigenvalue weighted by Crippen LogP contribution is -2.44. The van der Waals surface area contributed by atoms with Crippen LogP contribution < -0.4 is 15.8 Å². The minimum absolute atomic E-state index is 0.220. The quantitative estimate of drug-likeness (QED) is 0.810. The van der Waals surface area contributed by atoms with Crippen molar-refractivity contribution in [3.05, 3.63) is 24.3 Å². The maximum Gasteiger partial charge on any atom is 0.218 e. The molecule has 0 saturated carbocycles. The van der Waals surface area contributed by atoms with Gasteiger partial charge in [0, 0.05) is 37.3 Å². The summed E-state index contributed by atoms with van der Waals surface area (Å²) in [5, 5.41) is 3.58. The number of primary amides is 1. The molecule has 22 heavy (non-hydrogen) atoms. The predicted molar refractivity (Wildman–Crippen MR) is 89.1 cm³/mol. The fourth-order valence-corrected chi connectivity index (χ4v) is 2.95. The number of piperidine rings is 1. The molecule has 1 saturated heterocycles. The van der Waals surface area contributed by atoms with Crippen molar-refractivity contribution in [1.82, 2.24) is 4.90 Å². The molecule has 0 bridgehead atoms. The minimum Gasteiger partial charge on any atom is -0.494 e. The number of likely N-dealkylation sites (tertiary alicyclic amines) is 1. The van der Waals surface area contributed by atoms with E-state index in [4.69, 9.17) is 10.5 Å². The van der Waals surface area contributed by atoms with E-state index in [-0.39, 0.29) is 11.9 Å². The van der Waals surface area contributed by atoms with Gasteiger partial charge in [0.15, 0.2) is 0 Å². The Bertz CT molecular complexity index is 467. The highest BCUT2D eigenvalue weighted by Crippen LogP contribution is 2.21. The van der Waals surface area contributed by atoms with E-state index < -0.39 is 0 Å². The third-order valence-electron chi connectivity index (χ3n) is 4.19. The van der Waals surface area contributed by atoms with Crippen molar-refractivity contribution in [1.29, 1.82) is 0 Å². The van der Waals surface area contributed by atoms with Gasteiger partial charge in [-0.25, -0.2) is 0 Å². The molecular weight excluding hydrogens is 278 g/mol.